The zero-order valence-electron chi connectivity index (χ0n) is 27.1. The fraction of sp³-hybridized carbons (Fsp3) is 0.515. The molecule has 0 N–H and O–H groups in total. The van der Waals surface area contributed by atoms with Gasteiger partial charge >= 0.3 is 24.5 Å². The first-order chi connectivity index (χ1) is 22.7. The average molecular weight is 701 g/mol. The number of carbonyl (C=O) groups is 4. The highest BCUT2D eigenvalue weighted by Gasteiger charge is 2.51. The predicted octanol–water partition coefficient (Wildman–Crippen LogP) is 6.66. The lowest BCUT2D eigenvalue weighted by atomic mass is 9.84. The SMILES string of the molecule is CN(C(=O)N(C)C1CN(C(=O)C2CCC(N3C(=O)OC(C)(C)C3=O)CC2)CC1c1ccc(F)cc1)c1cc(C(F)(F)F)cc(C(F)(F)F)c1. The highest BCUT2D eigenvalue weighted by molar-refractivity contribution is 6.02. The van der Waals surface area contributed by atoms with Crippen LogP contribution in [0.1, 0.15) is 62.1 Å². The van der Waals surface area contributed by atoms with Crippen LogP contribution in [0.25, 0.3) is 0 Å². The molecule has 266 valence electrons. The number of anilines is 1. The summed E-state index contributed by atoms with van der Waals surface area (Å²) in [6.07, 6.45) is -9.51. The first-order valence-electron chi connectivity index (χ1n) is 15.6. The smallest absolute Gasteiger partial charge is 0.417 e. The highest BCUT2D eigenvalue weighted by atomic mass is 19.4. The molecule has 49 heavy (non-hydrogen) atoms. The maximum Gasteiger partial charge on any atom is 0.417 e. The van der Waals surface area contributed by atoms with E-state index < -0.39 is 82.5 Å². The molecule has 5 rings (SSSR count). The van der Waals surface area contributed by atoms with Crippen LogP contribution in [0, 0.1) is 11.7 Å². The largest absolute Gasteiger partial charge is 0.433 e. The van der Waals surface area contributed by atoms with Crippen LogP contribution in [0.3, 0.4) is 0 Å². The van der Waals surface area contributed by atoms with Crippen LogP contribution < -0.4 is 4.90 Å². The molecule has 0 aromatic heterocycles. The number of likely N-dealkylation sites (N-methyl/N-ethyl adjacent to an activating group) is 1. The van der Waals surface area contributed by atoms with E-state index in [-0.39, 0.29) is 25.1 Å². The van der Waals surface area contributed by atoms with Gasteiger partial charge in [0.15, 0.2) is 5.60 Å². The number of hydrogen-bond acceptors (Lipinski definition) is 5. The first-order valence-corrected chi connectivity index (χ1v) is 15.6. The molecule has 2 aromatic rings. The summed E-state index contributed by atoms with van der Waals surface area (Å²) in [5, 5.41) is 0. The van der Waals surface area contributed by atoms with Crippen molar-refractivity contribution in [2.45, 2.75) is 75.5 Å². The minimum absolute atomic E-state index is 0.0155. The van der Waals surface area contributed by atoms with E-state index in [9.17, 15) is 49.9 Å². The molecular formula is C33H35F7N4O5. The Kier molecular flexibility index (Phi) is 9.40. The second-order valence-electron chi connectivity index (χ2n) is 13.2. The van der Waals surface area contributed by atoms with Crippen LogP contribution in [0.4, 0.5) is 46.0 Å². The number of urea groups is 1. The van der Waals surface area contributed by atoms with Crippen molar-refractivity contribution >= 4 is 29.6 Å². The van der Waals surface area contributed by atoms with E-state index in [1.54, 1.807) is 0 Å². The summed E-state index contributed by atoms with van der Waals surface area (Å²) in [4.78, 5) is 57.1. The number of imide groups is 1. The summed E-state index contributed by atoms with van der Waals surface area (Å²) in [6, 6.07) is 4.13. The summed E-state index contributed by atoms with van der Waals surface area (Å²) in [5.41, 5.74) is -4.50. The van der Waals surface area contributed by atoms with Crippen LogP contribution >= 0.6 is 0 Å². The van der Waals surface area contributed by atoms with E-state index in [0.29, 0.717) is 48.3 Å². The minimum Gasteiger partial charge on any atom is -0.433 e. The molecule has 0 radical (unpaired) electrons. The molecule has 2 heterocycles. The van der Waals surface area contributed by atoms with Gasteiger partial charge in [0, 0.05) is 50.7 Å². The van der Waals surface area contributed by atoms with E-state index in [4.69, 9.17) is 4.74 Å². The third kappa shape index (κ3) is 7.18. The lowest BCUT2D eigenvalue weighted by Crippen LogP contribution is -2.48. The van der Waals surface area contributed by atoms with Gasteiger partial charge in [0.1, 0.15) is 5.82 Å². The predicted molar refractivity (Wildman–Crippen MR) is 161 cm³/mol. The number of nitrogens with zero attached hydrogens (tertiary/aromatic N) is 4. The Morgan fingerprint density at radius 1 is 0.857 bits per heavy atom. The molecule has 0 bridgehead atoms. The average Bonchev–Trinajstić information content (AvgIpc) is 3.56. The molecule has 16 heteroatoms. The Morgan fingerprint density at radius 3 is 1.90 bits per heavy atom. The summed E-state index contributed by atoms with van der Waals surface area (Å²) in [6.45, 7) is 3.09. The number of alkyl halides is 6. The van der Waals surface area contributed by atoms with Crippen molar-refractivity contribution in [3.63, 3.8) is 0 Å². The number of amides is 5. The van der Waals surface area contributed by atoms with Gasteiger partial charge in [-0.05, 0) is 75.4 Å². The number of cyclic esters (lactones) is 1. The van der Waals surface area contributed by atoms with Gasteiger partial charge in [0.2, 0.25) is 5.91 Å². The van der Waals surface area contributed by atoms with Gasteiger partial charge in [0.05, 0.1) is 17.2 Å². The maximum atomic E-state index is 13.8. The van der Waals surface area contributed by atoms with E-state index in [0.717, 1.165) is 16.8 Å². The van der Waals surface area contributed by atoms with Gasteiger partial charge in [0.25, 0.3) is 5.91 Å². The van der Waals surface area contributed by atoms with Crippen molar-refractivity contribution in [1.29, 1.82) is 0 Å². The fourth-order valence-corrected chi connectivity index (χ4v) is 6.86. The highest BCUT2D eigenvalue weighted by Crippen LogP contribution is 2.40. The Bertz CT molecular complexity index is 1590. The third-order valence-corrected chi connectivity index (χ3v) is 9.63. The molecule has 1 aliphatic carbocycles. The van der Waals surface area contributed by atoms with Crippen molar-refractivity contribution in [1.82, 2.24) is 14.7 Å². The molecule has 2 saturated heterocycles. The minimum atomic E-state index is -5.12. The molecule has 2 unspecified atom stereocenters. The van der Waals surface area contributed by atoms with Crippen molar-refractivity contribution < 1.29 is 54.6 Å². The number of halogens is 7. The number of likely N-dealkylation sites (tertiary alicyclic amines) is 1. The van der Waals surface area contributed by atoms with Gasteiger partial charge < -0.3 is 14.5 Å². The summed E-state index contributed by atoms with van der Waals surface area (Å²) >= 11 is 0. The Morgan fingerprint density at radius 2 is 1.41 bits per heavy atom. The molecular weight excluding hydrogens is 665 g/mol. The lowest BCUT2D eigenvalue weighted by molar-refractivity contribution is -0.143. The van der Waals surface area contributed by atoms with Crippen molar-refractivity contribution in [3.05, 3.63) is 65.0 Å². The van der Waals surface area contributed by atoms with Gasteiger partial charge in [-0.25, -0.2) is 18.9 Å². The molecule has 0 spiro atoms. The second kappa shape index (κ2) is 12.8. The normalized spacial score (nSPS) is 24.2. The van der Waals surface area contributed by atoms with Crippen molar-refractivity contribution in [2.24, 2.45) is 5.92 Å². The maximum absolute atomic E-state index is 13.8. The molecule has 2 aromatic carbocycles. The van der Waals surface area contributed by atoms with Crippen LogP contribution in [0.5, 0.6) is 0 Å². The van der Waals surface area contributed by atoms with E-state index in [2.05, 4.69) is 0 Å². The molecule has 5 amide bonds. The number of hydrogen-bond donors (Lipinski definition) is 0. The third-order valence-electron chi connectivity index (χ3n) is 9.63. The van der Waals surface area contributed by atoms with Gasteiger partial charge in [-0.15, -0.1) is 0 Å². The molecule has 9 nitrogen and oxygen atoms in total. The Labute approximate surface area is 277 Å². The summed E-state index contributed by atoms with van der Waals surface area (Å²) < 4.78 is 100. The molecule has 1 saturated carbocycles. The van der Waals surface area contributed by atoms with E-state index >= 15 is 0 Å². The van der Waals surface area contributed by atoms with Gasteiger partial charge in [-0.1, -0.05) is 12.1 Å². The Balaban J connectivity index is 1.35. The van der Waals surface area contributed by atoms with Crippen molar-refractivity contribution in [3.8, 4) is 0 Å². The standard InChI is InChI=1S/C33H35F7N4O5/c1-31(2)28(46)44(30(48)49-31)23-11-7-19(8-12-23)27(45)43-16-25(18-5-9-22(34)10-6-18)26(17-43)42(4)29(47)41(3)24-14-20(32(35,36)37)13-21(15-24)33(38,39)40/h5-6,9-10,13-15,19,23,25-26H,7-8,11-12,16-17H2,1-4H3. The quantitative estimate of drug-likeness (QED) is 0.326. The van der Waals surface area contributed by atoms with Gasteiger partial charge in [-0.2, -0.15) is 26.3 Å². The van der Waals surface area contributed by atoms with Gasteiger partial charge in [-0.3, -0.25) is 14.5 Å². The number of rotatable bonds is 5. The second-order valence-corrected chi connectivity index (χ2v) is 13.2. The Hall–Kier alpha value is -4.37. The monoisotopic (exact) mass is 700 g/mol. The number of benzene rings is 2. The van der Waals surface area contributed by atoms with E-state index in [1.165, 1.54) is 50.1 Å². The zero-order chi connectivity index (χ0) is 36.2. The zero-order valence-corrected chi connectivity index (χ0v) is 27.1. The lowest BCUT2D eigenvalue weighted by Gasteiger charge is -2.34. The van der Waals surface area contributed by atoms with Crippen molar-refractivity contribution in [2.75, 3.05) is 32.1 Å². The fourth-order valence-electron chi connectivity index (χ4n) is 6.86. The molecule has 3 aliphatic rings. The summed E-state index contributed by atoms with van der Waals surface area (Å²) in [7, 11) is 2.39. The number of carbonyl (C=O) groups excluding carboxylic acids is 4. The first kappa shape index (κ1) is 35.9. The van der Waals surface area contributed by atoms with Crippen LogP contribution in [0.15, 0.2) is 42.5 Å². The van der Waals surface area contributed by atoms with E-state index in [1.807, 2.05) is 0 Å². The van der Waals surface area contributed by atoms with Crippen LogP contribution in [-0.2, 0) is 26.7 Å². The van der Waals surface area contributed by atoms with Crippen LogP contribution in [0.2, 0.25) is 0 Å². The molecule has 2 aliphatic heterocycles. The summed E-state index contributed by atoms with van der Waals surface area (Å²) in [5.74, 6) is -2.27. The van der Waals surface area contributed by atoms with Crippen LogP contribution in [-0.4, -0.2) is 83.5 Å². The topological polar surface area (TPSA) is 90.5 Å². The molecule has 3 fully saturated rings. The molecule has 2 atom stereocenters. The number of ether oxygens (including phenoxy) is 1.